The van der Waals surface area contributed by atoms with Gasteiger partial charge in [0, 0.05) is 13.2 Å². The van der Waals surface area contributed by atoms with E-state index in [9.17, 15) is 5.11 Å². The van der Waals surface area contributed by atoms with E-state index in [0.717, 1.165) is 38.8 Å². The van der Waals surface area contributed by atoms with Gasteiger partial charge in [-0.25, -0.2) is 0 Å². The minimum absolute atomic E-state index is 0.0911. The number of nitrogens with one attached hydrogen (secondary N) is 1. The van der Waals surface area contributed by atoms with Crippen LogP contribution >= 0.6 is 0 Å². The molecule has 0 saturated heterocycles. The van der Waals surface area contributed by atoms with E-state index in [1.807, 2.05) is 0 Å². The summed E-state index contributed by atoms with van der Waals surface area (Å²) < 4.78 is 0. The molecule has 0 amide bonds. The third-order valence-electron chi connectivity index (χ3n) is 2.54. The maximum Gasteiger partial charge on any atom is 0.0580 e. The Morgan fingerprint density at radius 2 is 2.17 bits per heavy atom. The van der Waals surface area contributed by atoms with Gasteiger partial charge >= 0.3 is 0 Å². The van der Waals surface area contributed by atoms with E-state index in [2.05, 4.69) is 5.32 Å². The molecule has 72 valence electrons. The molecule has 3 N–H and O–H groups in total. The van der Waals surface area contributed by atoms with Crippen LogP contribution in [0.3, 0.4) is 0 Å². The fourth-order valence-corrected chi connectivity index (χ4v) is 1.75. The van der Waals surface area contributed by atoms with E-state index < -0.39 is 0 Å². The van der Waals surface area contributed by atoms with Crippen LogP contribution in [0.5, 0.6) is 0 Å². The van der Waals surface area contributed by atoms with Crippen molar-refractivity contribution in [2.24, 2.45) is 5.92 Å². The SMILES string of the molecule is OCCCNCC1CCCC1O. The average Bonchev–Trinajstić information content (AvgIpc) is 2.46. The van der Waals surface area contributed by atoms with Crippen molar-refractivity contribution in [1.29, 1.82) is 0 Å². The van der Waals surface area contributed by atoms with Gasteiger partial charge in [0.1, 0.15) is 0 Å². The number of hydrogen-bond donors (Lipinski definition) is 3. The first-order valence-electron chi connectivity index (χ1n) is 4.84. The van der Waals surface area contributed by atoms with Crippen LogP contribution < -0.4 is 5.32 Å². The fourth-order valence-electron chi connectivity index (χ4n) is 1.75. The van der Waals surface area contributed by atoms with Gasteiger partial charge in [-0.1, -0.05) is 6.42 Å². The average molecular weight is 173 g/mol. The normalized spacial score (nSPS) is 29.5. The summed E-state index contributed by atoms with van der Waals surface area (Å²) in [6.07, 6.45) is 3.99. The third-order valence-corrected chi connectivity index (χ3v) is 2.54. The van der Waals surface area contributed by atoms with Gasteiger partial charge in [0.25, 0.3) is 0 Å². The molecule has 3 nitrogen and oxygen atoms in total. The van der Waals surface area contributed by atoms with Gasteiger partial charge < -0.3 is 15.5 Å². The molecule has 3 heteroatoms. The van der Waals surface area contributed by atoms with Crippen molar-refractivity contribution < 1.29 is 10.2 Å². The molecule has 1 aliphatic rings. The Bertz CT molecular complexity index is 119. The Labute approximate surface area is 73.8 Å². The molecule has 0 heterocycles. The summed E-state index contributed by atoms with van der Waals surface area (Å²) in [6, 6.07) is 0. The van der Waals surface area contributed by atoms with Crippen molar-refractivity contribution in [3.05, 3.63) is 0 Å². The van der Waals surface area contributed by atoms with E-state index in [1.54, 1.807) is 0 Å². The topological polar surface area (TPSA) is 52.5 Å². The molecule has 0 radical (unpaired) electrons. The van der Waals surface area contributed by atoms with Crippen LogP contribution in [0.2, 0.25) is 0 Å². The Kier molecular flexibility index (Phi) is 4.58. The van der Waals surface area contributed by atoms with Crippen LogP contribution in [-0.4, -0.2) is 36.0 Å². The van der Waals surface area contributed by atoms with E-state index >= 15 is 0 Å². The number of aliphatic hydroxyl groups excluding tert-OH is 2. The minimum Gasteiger partial charge on any atom is -0.396 e. The summed E-state index contributed by atoms with van der Waals surface area (Å²) >= 11 is 0. The zero-order valence-electron chi connectivity index (χ0n) is 7.50. The van der Waals surface area contributed by atoms with Crippen molar-refractivity contribution in [3.63, 3.8) is 0 Å². The van der Waals surface area contributed by atoms with Crippen LogP contribution in [0.4, 0.5) is 0 Å². The smallest absolute Gasteiger partial charge is 0.0580 e. The second kappa shape index (κ2) is 5.51. The van der Waals surface area contributed by atoms with Crippen molar-refractivity contribution in [2.75, 3.05) is 19.7 Å². The summed E-state index contributed by atoms with van der Waals surface area (Å²) in [4.78, 5) is 0. The maximum atomic E-state index is 9.46. The Morgan fingerprint density at radius 1 is 1.33 bits per heavy atom. The first kappa shape index (κ1) is 9.96. The van der Waals surface area contributed by atoms with E-state index in [-0.39, 0.29) is 12.7 Å². The molecular formula is C9H19NO2. The molecule has 1 fully saturated rings. The second-order valence-corrected chi connectivity index (χ2v) is 3.54. The lowest BCUT2D eigenvalue weighted by Crippen LogP contribution is -2.28. The molecule has 0 spiro atoms. The van der Waals surface area contributed by atoms with Gasteiger partial charge in [0.15, 0.2) is 0 Å². The molecule has 1 aliphatic carbocycles. The van der Waals surface area contributed by atoms with Gasteiger partial charge in [-0.3, -0.25) is 0 Å². The van der Waals surface area contributed by atoms with Crippen molar-refractivity contribution in [3.8, 4) is 0 Å². The van der Waals surface area contributed by atoms with Crippen LogP contribution in [0, 0.1) is 5.92 Å². The first-order valence-corrected chi connectivity index (χ1v) is 4.84. The molecule has 0 aromatic rings. The molecule has 0 bridgehead atoms. The van der Waals surface area contributed by atoms with Gasteiger partial charge in [-0.05, 0) is 31.7 Å². The van der Waals surface area contributed by atoms with Crippen molar-refractivity contribution >= 4 is 0 Å². The first-order chi connectivity index (χ1) is 5.84. The fraction of sp³-hybridized carbons (Fsp3) is 1.00. The highest BCUT2D eigenvalue weighted by Crippen LogP contribution is 2.24. The minimum atomic E-state index is -0.0911. The van der Waals surface area contributed by atoms with Gasteiger partial charge in [0.2, 0.25) is 0 Å². The Hall–Kier alpha value is -0.120. The summed E-state index contributed by atoms with van der Waals surface area (Å²) in [5.74, 6) is 0.448. The largest absolute Gasteiger partial charge is 0.396 e. The lowest BCUT2D eigenvalue weighted by Gasteiger charge is -2.14. The molecule has 12 heavy (non-hydrogen) atoms. The lowest BCUT2D eigenvalue weighted by atomic mass is 10.1. The molecule has 2 atom stereocenters. The zero-order chi connectivity index (χ0) is 8.81. The van der Waals surface area contributed by atoms with Gasteiger partial charge in [0.05, 0.1) is 6.10 Å². The molecule has 1 rings (SSSR count). The van der Waals surface area contributed by atoms with Crippen molar-refractivity contribution in [2.45, 2.75) is 31.8 Å². The van der Waals surface area contributed by atoms with Gasteiger partial charge in [-0.15, -0.1) is 0 Å². The Balaban J connectivity index is 1.98. The Morgan fingerprint density at radius 3 is 2.75 bits per heavy atom. The summed E-state index contributed by atoms with van der Waals surface area (Å²) in [7, 11) is 0. The highest BCUT2D eigenvalue weighted by atomic mass is 16.3. The monoisotopic (exact) mass is 173 g/mol. The highest BCUT2D eigenvalue weighted by Gasteiger charge is 2.24. The van der Waals surface area contributed by atoms with Crippen LogP contribution in [0.15, 0.2) is 0 Å². The van der Waals surface area contributed by atoms with Crippen LogP contribution in [-0.2, 0) is 0 Å². The number of aliphatic hydroxyl groups is 2. The standard InChI is InChI=1S/C9H19NO2/c11-6-2-5-10-7-8-3-1-4-9(8)12/h8-12H,1-7H2. The lowest BCUT2D eigenvalue weighted by molar-refractivity contribution is 0.131. The summed E-state index contributed by atoms with van der Waals surface area (Å²) in [6.45, 7) is 2.01. The number of rotatable bonds is 5. The van der Waals surface area contributed by atoms with Gasteiger partial charge in [-0.2, -0.15) is 0 Å². The summed E-state index contributed by atoms with van der Waals surface area (Å²) in [5, 5.41) is 21.2. The van der Waals surface area contributed by atoms with E-state index in [4.69, 9.17) is 5.11 Å². The van der Waals surface area contributed by atoms with E-state index in [0.29, 0.717) is 5.92 Å². The second-order valence-electron chi connectivity index (χ2n) is 3.54. The molecular weight excluding hydrogens is 154 g/mol. The highest BCUT2D eigenvalue weighted by molar-refractivity contribution is 4.77. The maximum absolute atomic E-state index is 9.46. The summed E-state index contributed by atoms with van der Waals surface area (Å²) in [5.41, 5.74) is 0. The molecule has 0 aromatic heterocycles. The molecule has 1 saturated carbocycles. The third kappa shape index (κ3) is 3.09. The predicted molar refractivity (Wildman–Crippen MR) is 47.9 cm³/mol. The molecule has 0 aliphatic heterocycles. The predicted octanol–water partition coefficient (Wildman–Crippen LogP) is 0.119. The number of hydrogen-bond acceptors (Lipinski definition) is 3. The molecule has 0 aromatic carbocycles. The quantitative estimate of drug-likeness (QED) is 0.518. The molecule has 2 unspecified atom stereocenters. The van der Waals surface area contributed by atoms with Crippen LogP contribution in [0.1, 0.15) is 25.7 Å². The van der Waals surface area contributed by atoms with Crippen molar-refractivity contribution in [1.82, 2.24) is 5.32 Å². The van der Waals surface area contributed by atoms with E-state index in [1.165, 1.54) is 0 Å². The zero-order valence-corrected chi connectivity index (χ0v) is 7.50. The van der Waals surface area contributed by atoms with Crippen LogP contribution in [0.25, 0.3) is 0 Å².